The molecule has 0 bridgehead atoms. The normalized spacial score (nSPS) is 9.55. The SMILES string of the molecule is O=NCc1ccc(CO)cc1. The van der Waals surface area contributed by atoms with Crippen LogP contribution in [0, 0.1) is 4.91 Å². The molecule has 1 aromatic carbocycles. The van der Waals surface area contributed by atoms with E-state index in [-0.39, 0.29) is 13.2 Å². The van der Waals surface area contributed by atoms with Crippen LogP contribution in [0.1, 0.15) is 11.1 Å². The van der Waals surface area contributed by atoms with Gasteiger partial charge in [-0.05, 0) is 11.1 Å². The lowest BCUT2D eigenvalue weighted by Crippen LogP contribution is -1.84. The van der Waals surface area contributed by atoms with Gasteiger partial charge in [-0.25, -0.2) is 0 Å². The van der Waals surface area contributed by atoms with Crippen molar-refractivity contribution >= 4 is 0 Å². The fraction of sp³-hybridized carbons (Fsp3) is 0.250. The predicted molar refractivity (Wildman–Crippen MR) is 41.9 cm³/mol. The molecule has 0 aliphatic rings. The molecule has 0 aromatic heterocycles. The Labute approximate surface area is 64.7 Å². The van der Waals surface area contributed by atoms with E-state index in [1.807, 2.05) is 0 Å². The fourth-order valence-electron chi connectivity index (χ4n) is 0.825. The molecule has 11 heavy (non-hydrogen) atoms. The largest absolute Gasteiger partial charge is 0.392 e. The Morgan fingerprint density at radius 1 is 1.18 bits per heavy atom. The van der Waals surface area contributed by atoms with E-state index < -0.39 is 0 Å². The molecule has 0 saturated carbocycles. The van der Waals surface area contributed by atoms with Gasteiger partial charge in [-0.3, -0.25) is 0 Å². The molecule has 0 radical (unpaired) electrons. The first kappa shape index (κ1) is 7.88. The number of hydrogen-bond donors (Lipinski definition) is 1. The van der Waals surface area contributed by atoms with E-state index in [1.165, 1.54) is 0 Å². The maximum absolute atomic E-state index is 9.83. The summed E-state index contributed by atoms with van der Waals surface area (Å²) in [6.07, 6.45) is 0. The van der Waals surface area contributed by atoms with Crippen molar-refractivity contribution in [1.29, 1.82) is 0 Å². The molecule has 3 nitrogen and oxygen atoms in total. The van der Waals surface area contributed by atoms with Crippen molar-refractivity contribution in [3.05, 3.63) is 40.3 Å². The second-order valence-corrected chi connectivity index (χ2v) is 2.26. The molecule has 1 N–H and O–H groups in total. The van der Waals surface area contributed by atoms with Crippen LogP contribution in [-0.2, 0) is 13.2 Å². The van der Waals surface area contributed by atoms with Gasteiger partial charge in [-0.1, -0.05) is 29.4 Å². The molecule has 58 valence electrons. The van der Waals surface area contributed by atoms with E-state index in [2.05, 4.69) is 5.18 Å². The summed E-state index contributed by atoms with van der Waals surface area (Å²) in [5.41, 5.74) is 1.72. The zero-order valence-corrected chi connectivity index (χ0v) is 6.03. The first-order valence-electron chi connectivity index (χ1n) is 3.34. The summed E-state index contributed by atoms with van der Waals surface area (Å²) in [5, 5.41) is 11.4. The smallest absolute Gasteiger partial charge is 0.106 e. The summed E-state index contributed by atoms with van der Waals surface area (Å²) in [5.74, 6) is 0. The number of aliphatic hydroxyl groups is 1. The molecule has 0 heterocycles. The minimum atomic E-state index is 0.0365. The van der Waals surface area contributed by atoms with E-state index in [9.17, 15) is 4.91 Å². The number of hydrogen-bond acceptors (Lipinski definition) is 3. The quantitative estimate of drug-likeness (QED) is 0.664. The highest BCUT2D eigenvalue weighted by Gasteiger charge is 1.91. The molecular formula is C8H9NO2. The molecule has 0 spiro atoms. The topological polar surface area (TPSA) is 49.7 Å². The molecule has 0 aliphatic carbocycles. The number of rotatable bonds is 3. The van der Waals surface area contributed by atoms with Crippen molar-refractivity contribution in [2.45, 2.75) is 13.2 Å². The third kappa shape index (κ3) is 2.13. The first-order valence-corrected chi connectivity index (χ1v) is 3.34. The van der Waals surface area contributed by atoms with Crippen LogP contribution in [0.4, 0.5) is 0 Å². The lowest BCUT2D eigenvalue weighted by atomic mass is 10.1. The maximum atomic E-state index is 9.83. The Bertz CT molecular complexity index is 230. The van der Waals surface area contributed by atoms with E-state index in [0.29, 0.717) is 0 Å². The van der Waals surface area contributed by atoms with E-state index in [0.717, 1.165) is 11.1 Å². The van der Waals surface area contributed by atoms with Crippen LogP contribution in [0.15, 0.2) is 29.4 Å². The van der Waals surface area contributed by atoms with E-state index >= 15 is 0 Å². The first-order chi connectivity index (χ1) is 5.36. The van der Waals surface area contributed by atoms with E-state index in [4.69, 9.17) is 5.11 Å². The van der Waals surface area contributed by atoms with Crippen LogP contribution < -0.4 is 0 Å². The molecule has 0 unspecified atom stereocenters. The van der Waals surface area contributed by atoms with Gasteiger partial charge in [-0.15, -0.1) is 0 Å². The molecule has 1 rings (SSSR count). The minimum absolute atomic E-state index is 0.0365. The molecular weight excluding hydrogens is 142 g/mol. The Morgan fingerprint density at radius 3 is 2.18 bits per heavy atom. The maximum Gasteiger partial charge on any atom is 0.106 e. The van der Waals surface area contributed by atoms with Gasteiger partial charge in [0.1, 0.15) is 6.54 Å². The van der Waals surface area contributed by atoms with Gasteiger partial charge < -0.3 is 5.11 Å². The van der Waals surface area contributed by atoms with Crippen LogP contribution >= 0.6 is 0 Å². The van der Waals surface area contributed by atoms with Crippen LogP contribution in [0.5, 0.6) is 0 Å². The van der Waals surface area contributed by atoms with Crippen LogP contribution in [0.3, 0.4) is 0 Å². The van der Waals surface area contributed by atoms with Gasteiger partial charge in [0.05, 0.1) is 6.61 Å². The van der Waals surface area contributed by atoms with Gasteiger partial charge in [0.25, 0.3) is 0 Å². The lowest BCUT2D eigenvalue weighted by Gasteiger charge is -1.96. The van der Waals surface area contributed by atoms with Gasteiger partial charge >= 0.3 is 0 Å². The highest BCUT2D eigenvalue weighted by molar-refractivity contribution is 5.21. The Kier molecular flexibility index (Phi) is 2.74. The number of benzene rings is 1. The van der Waals surface area contributed by atoms with Gasteiger partial charge in [-0.2, -0.15) is 4.91 Å². The van der Waals surface area contributed by atoms with Crippen molar-refractivity contribution in [3.63, 3.8) is 0 Å². The molecule has 0 saturated heterocycles. The Morgan fingerprint density at radius 2 is 1.73 bits per heavy atom. The van der Waals surface area contributed by atoms with Crippen molar-refractivity contribution in [2.75, 3.05) is 0 Å². The highest BCUT2D eigenvalue weighted by atomic mass is 16.3. The number of nitrogens with zero attached hydrogens (tertiary/aromatic N) is 1. The summed E-state index contributed by atoms with van der Waals surface area (Å²) in [7, 11) is 0. The van der Waals surface area contributed by atoms with Crippen LogP contribution in [0.2, 0.25) is 0 Å². The summed E-state index contributed by atoms with van der Waals surface area (Å²) in [4.78, 5) is 9.83. The van der Waals surface area contributed by atoms with Crippen molar-refractivity contribution in [3.8, 4) is 0 Å². The third-order valence-electron chi connectivity index (χ3n) is 1.45. The summed E-state index contributed by atoms with van der Waals surface area (Å²) >= 11 is 0. The molecule has 0 amide bonds. The summed E-state index contributed by atoms with van der Waals surface area (Å²) < 4.78 is 0. The molecule has 1 aromatic rings. The zero-order valence-electron chi connectivity index (χ0n) is 6.03. The van der Waals surface area contributed by atoms with Gasteiger partial charge in [0.15, 0.2) is 0 Å². The van der Waals surface area contributed by atoms with Gasteiger partial charge in [0, 0.05) is 0 Å². The molecule has 0 aliphatic heterocycles. The van der Waals surface area contributed by atoms with Crippen molar-refractivity contribution < 1.29 is 5.11 Å². The number of nitroso groups, excluding NO2 is 1. The molecule has 0 fully saturated rings. The zero-order chi connectivity index (χ0) is 8.10. The van der Waals surface area contributed by atoms with Gasteiger partial charge in [0.2, 0.25) is 0 Å². The minimum Gasteiger partial charge on any atom is -0.392 e. The standard InChI is InChI=1S/C8H9NO2/c10-6-8-3-1-7(2-4-8)5-9-11/h1-4,10H,5-6H2. The highest BCUT2D eigenvalue weighted by Crippen LogP contribution is 2.04. The number of aliphatic hydroxyl groups excluding tert-OH is 1. The second-order valence-electron chi connectivity index (χ2n) is 2.26. The van der Waals surface area contributed by atoms with Crippen molar-refractivity contribution in [2.24, 2.45) is 5.18 Å². The Hall–Kier alpha value is -1.22. The third-order valence-corrected chi connectivity index (χ3v) is 1.45. The van der Waals surface area contributed by atoms with Crippen LogP contribution in [0.25, 0.3) is 0 Å². The second kappa shape index (κ2) is 3.83. The summed E-state index contributed by atoms with van der Waals surface area (Å²) in [6.45, 7) is 0.237. The monoisotopic (exact) mass is 151 g/mol. The van der Waals surface area contributed by atoms with Crippen molar-refractivity contribution in [1.82, 2.24) is 0 Å². The predicted octanol–water partition coefficient (Wildman–Crippen LogP) is 1.45. The summed E-state index contributed by atoms with van der Waals surface area (Å²) in [6, 6.07) is 7.13. The molecule has 0 atom stereocenters. The van der Waals surface area contributed by atoms with Crippen LogP contribution in [-0.4, -0.2) is 5.11 Å². The fourth-order valence-corrected chi connectivity index (χ4v) is 0.825. The average Bonchev–Trinajstić information content (AvgIpc) is 2.07. The average molecular weight is 151 g/mol. The Balaban J connectivity index is 2.74. The lowest BCUT2D eigenvalue weighted by molar-refractivity contribution is 0.282. The molecule has 3 heteroatoms. The van der Waals surface area contributed by atoms with E-state index in [1.54, 1.807) is 24.3 Å².